The summed E-state index contributed by atoms with van der Waals surface area (Å²) in [4.78, 5) is 20.8. The Morgan fingerprint density at radius 3 is 1.05 bits per heavy atom. The third-order valence-electron chi connectivity index (χ3n) is 4.40. The number of carbonyl (C=O) groups excluding carboxylic acids is 2. The van der Waals surface area contributed by atoms with Crippen LogP contribution in [0.1, 0.15) is 65.2 Å². The van der Waals surface area contributed by atoms with Gasteiger partial charge in [-0.25, -0.2) is 0 Å². The SMILES string of the molecule is CC1(C(=O)[O-])CCCC1.CC1(C(=O)[O-])CCCC1.[Zn+2]. The summed E-state index contributed by atoms with van der Waals surface area (Å²) in [7, 11) is 0. The Morgan fingerprint density at radius 1 is 0.737 bits per heavy atom. The van der Waals surface area contributed by atoms with Gasteiger partial charge in [0, 0.05) is 22.8 Å². The van der Waals surface area contributed by atoms with Crippen molar-refractivity contribution in [3.63, 3.8) is 0 Å². The van der Waals surface area contributed by atoms with Gasteiger partial charge in [-0.3, -0.25) is 0 Å². The van der Waals surface area contributed by atoms with Gasteiger partial charge < -0.3 is 19.8 Å². The third-order valence-corrected chi connectivity index (χ3v) is 4.40. The van der Waals surface area contributed by atoms with Crippen LogP contribution >= 0.6 is 0 Å². The molecule has 0 N–H and O–H groups in total. The minimum Gasteiger partial charge on any atom is -0.550 e. The van der Waals surface area contributed by atoms with Crippen LogP contribution in [0.25, 0.3) is 0 Å². The molecule has 0 aliphatic heterocycles. The van der Waals surface area contributed by atoms with Crippen molar-refractivity contribution in [2.75, 3.05) is 0 Å². The quantitative estimate of drug-likeness (QED) is 0.699. The van der Waals surface area contributed by atoms with Crippen molar-refractivity contribution < 1.29 is 39.3 Å². The second kappa shape index (κ2) is 7.37. The molecule has 2 saturated carbocycles. The zero-order valence-corrected chi connectivity index (χ0v) is 15.0. The van der Waals surface area contributed by atoms with Gasteiger partial charge in [-0.2, -0.15) is 0 Å². The van der Waals surface area contributed by atoms with Crippen molar-refractivity contribution in [3.05, 3.63) is 0 Å². The normalized spacial score (nSPS) is 22.8. The van der Waals surface area contributed by atoms with E-state index in [0.29, 0.717) is 0 Å². The van der Waals surface area contributed by atoms with Gasteiger partial charge in [0.15, 0.2) is 0 Å². The molecular weight excluding hydrogens is 298 g/mol. The Hall–Kier alpha value is -0.437. The molecule has 0 aromatic heterocycles. The first-order chi connectivity index (χ1) is 8.30. The Labute approximate surface area is 127 Å². The summed E-state index contributed by atoms with van der Waals surface area (Å²) in [6.45, 7) is 3.55. The van der Waals surface area contributed by atoms with Crippen LogP contribution < -0.4 is 10.2 Å². The first kappa shape index (κ1) is 18.6. The minimum absolute atomic E-state index is 0. The summed E-state index contributed by atoms with van der Waals surface area (Å²) in [5.41, 5.74) is -1.000. The second-order valence-corrected chi connectivity index (χ2v) is 6.11. The molecule has 0 amide bonds. The van der Waals surface area contributed by atoms with Gasteiger partial charge in [0.05, 0.1) is 0 Å². The summed E-state index contributed by atoms with van der Waals surface area (Å²) in [6.07, 6.45) is 7.39. The van der Waals surface area contributed by atoms with E-state index in [1.165, 1.54) is 0 Å². The number of hydrogen-bond donors (Lipinski definition) is 0. The van der Waals surface area contributed by atoms with Crippen LogP contribution in [0, 0.1) is 10.8 Å². The molecule has 2 aliphatic carbocycles. The van der Waals surface area contributed by atoms with E-state index in [-0.39, 0.29) is 19.5 Å². The molecule has 0 radical (unpaired) electrons. The number of aliphatic carboxylic acids is 2. The average molecular weight is 320 g/mol. The van der Waals surface area contributed by atoms with Crippen molar-refractivity contribution in [3.8, 4) is 0 Å². The molecule has 19 heavy (non-hydrogen) atoms. The summed E-state index contributed by atoms with van der Waals surface area (Å²) in [6, 6.07) is 0. The van der Waals surface area contributed by atoms with E-state index < -0.39 is 22.8 Å². The number of carboxylic acids is 2. The molecule has 0 aromatic rings. The smallest absolute Gasteiger partial charge is 0.550 e. The molecule has 0 aromatic carbocycles. The molecule has 0 unspecified atom stereocenters. The molecule has 0 spiro atoms. The van der Waals surface area contributed by atoms with Crippen molar-refractivity contribution >= 4 is 11.9 Å². The number of carboxylic acid groups (broad SMARTS) is 2. The van der Waals surface area contributed by atoms with Gasteiger partial charge in [-0.15, -0.1) is 0 Å². The Balaban J connectivity index is 0.000000324. The topological polar surface area (TPSA) is 80.3 Å². The van der Waals surface area contributed by atoms with Crippen LogP contribution in [0.5, 0.6) is 0 Å². The van der Waals surface area contributed by atoms with Crippen molar-refractivity contribution in [2.45, 2.75) is 65.2 Å². The number of hydrogen-bond acceptors (Lipinski definition) is 4. The zero-order chi connectivity index (χ0) is 13.8. The molecule has 4 nitrogen and oxygen atoms in total. The predicted octanol–water partition coefficient (Wildman–Crippen LogP) is 0.631. The summed E-state index contributed by atoms with van der Waals surface area (Å²) >= 11 is 0. The van der Waals surface area contributed by atoms with Gasteiger partial charge in [0.25, 0.3) is 0 Å². The molecule has 0 heterocycles. The van der Waals surface area contributed by atoms with E-state index >= 15 is 0 Å². The van der Waals surface area contributed by atoms with Crippen molar-refractivity contribution in [1.82, 2.24) is 0 Å². The minimum atomic E-state index is -0.875. The fourth-order valence-electron chi connectivity index (χ4n) is 2.72. The second-order valence-electron chi connectivity index (χ2n) is 6.11. The molecule has 5 heteroatoms. The van der Waals surface area contributed by atoms with E-state index in [0.717, 1.165) is 51.4 Å². The van der Waals surface area contributed by atoms with Crippen LogP contribution in [-0.4, -0.2) is 11.9 Å². The third kappa shape index (κ3) is 4.87. The molecule has 104 valence electrons. The fraction of sp³-hybridized carbons (Fsp3) is 0.857. The largest absolute Gasteiger partial charge is 2.00 e. The zero-order valence-electron chi connectivity index (χ0n) is 12.0. The summed E-state index contributed by atoms with van der Waals surface area (Å²) in [5.74, 6) is -1.75. The van der Waals surface area contributed by atoms with Crippen LogP contribution in [0.15, 0.2) is 0 Å². The van der Waals surface area contributed by atoms with Gasteiger partial charge in [0.1, 0.15) is 0 Å². The van der Waals surface area contributed by atoms with Crippen molar-refractivity contribution in [2.24, 2.45) is 10.8 Å². The first-order valence-electron chi connectivity index (χ1n) is 6.73. The standard InChI is InChI=1S/2C7H12O2.Zn/c2*1-7(6(8)9)4-2-3-5-7;/h2*2-5H2,1H3,(H,8,9);/q;;+2/p-2. The maximum atomic E-state index is 10.4. The van der Waals surface area contributed by atoms with Gasteiger partial charge in [-0.1, -0.05) is 39.5 Å². The van der Waals surface area contributed by atoms with Crippen LogP contribution in [0.4, 0.5) is 0 Å². The van der Waals surface area contributed by atoms with Crippen LogP contribution in [-0.2, 0) is 29.1 Å². The van der Waals surface area contributed by atoms with Crippen LogP contribution in [0.2, 0.25) is 0 Å². The number of rotatable bonds is 2. The Kier molecular flexibility index (Phi) is 7.20. The molecule has 0 atom stereocenters. The fourth-order valence-corrected chi connectivity index (χ4v) is 2.72. The van der Waals surface area contributed by atoms with Gasteiger partial charge in [-0.05, 0) is 25.7 Å². The van der Waals surface area contributed by atoms with Crippen LogP contribution in [0.3, 0.4) is 0 Å². The van der Waals surface area contributed by atoms with E-state index in [2.05, 4.69) is 0 Å². The molecule has 2 fully saturated rings. The average Bonchev–Trinajstić information content (AvgIpc) is 2.90. The van der Waals surface area contributed by atoms with Crippen molar-refractivity contribution in [1.29, 1.82) is 0 Å². The molecule has 2 aliphatic rings. The first-order valence-corrected chi connectivity index (χ1v) is 6.73. The van der Waals surface area contributed by atoms with Gasteiger partial charge >= 0.3 is 19.5 Å². The monoisotopic (exact) mass is 318 g/mol. The van der Waals surface area contributed by atoms with Gasteiger partial charge in [0.2, 0.25) is 0 Å². The molecular formula is C14H22O4Zn. The Morgan fingerprint density at radius 2 is 0.947 bits per heavy atom. The van der Waals surface area contributed by atoms with E-state index in [9.17, 15) is 19.8 Å². The maximum absolute atomic E-state index is 10.4. The van der Waals surface area contributed by atoms with E-state index in [4.69, 9.17) is 0 Å². The predicted molar refractivity (Wildman–Crippen MR) is 63.2 cm³/mol. The summed E-state index contributed by atoms with van der Waals surface area (Å²) in [5, 5.41) is 20.8. The molecule has 2 rings (SSSR count). The molecule has 0 bridgehead atoms. The van der Waals surface area contributed by atoms with E-state index in [1.807, 2.05) is 0 Å². The Bertz CT molecular complexity index is 283. The number of carbonyl (C=O) groups is 2. The molecule has 0 saturated heterocycles. The van der Waals surface area contributed by atoms with E-state index in [1.54, 1.807) is 13.8 Å². The maximum Gasteiger partial charge on any atom is 2.00 e. The summed E-state index contributed by atoms with van der Waals surface area (Å²) < 4.78 is 0.